The Bertz CT molecular complexity index is 775. The van der Waals surface area contributed by atoms with E-state index < -0.39 is 0 Å². The van der Waals surface area contributed by atoms with Gasteiger partial charge in [0, 0.05) is 28.3 Å². The summed E-state index contributed by atoms with van der Waals surface area (Å²) in [5.41, 5.74) is 2.61. The second-order valence-corrected chi connectivity index (χ2v) is 9.19. The Balaban J connectivity index is 2.28. The maximum Gasteiger partial charge on any atom is 0.164 e. The van der Waals surface area contributed by atoms with Crippen LogP contribution in [0.4, 0.5) is 0 Å². The number of carbonyl (C=O) groups excluding carboxylic acids is 1. The van der Waals surface area contributed by atoms with Crippen molar-refractivity contribution in [2.75, 3.05) is 7.11 Å². The largest absolute Gasteiger partial charge is 0.496 e. The number of methoxy groups -OCH3 is 1. The number of ketones is 1. The number of ether oxygens (including phenoxy) is 1. The van der Waals surface area contributed by atoms with Crippen molar-refractivity contribution in [3.05, 3.63) is 57.7 Å². The van der Waals surface area contributed by atoms with E-state index in [0.29, 0.717) is 12.2 Å². The van der Waals surface area contributed by atoms with Gasteiger partial charge in [0.1, 0.15) is 5.75 Å². The Labute approximate surface area is 189 Å². The highest BCUT2D eigenvalue weighted by Crippen LogP contribution is 2.31. The van der Waals surface area contributed by atoms with Gasteiger partial charge in [-0.1, -0.05) is 13.0 Å². The molecule has 0 radical (unpaired) electrons. The van der Waals surface area contributed by atoms with Crippen LogP contribution < -0.4 is 4.74 Å². The summed E-state index contributed by atoms with van der Waals surface area (Å²) in [5.74, 6) is 0.956. The van der Waals surface area contributed by atoms with Crippen LogP contribution in [0.1, 0.15) is 47.2 Å². The lowest BCUT2D eigenvalue weighted by molar-refractivity contribution is 0.0972. The minimum atomic E-state index is -0.0748. The van der Waals surface area contributed by atoms with Gasteiger partial charge < -0.3 is 9.84 Å². The van der Waals surface area contributed by atoms with E-state index in [-0.39, 0.29) is 18.3 Å². The molecule has 0 spiro atoms. The van der Waals surface area contributed by atoms with Crippen LogP contribution in [0.5, 0.6) is 5.75 Å². The summed E-state index contributed by atoms with van der Waals surface area (Å²) in [6.07, 6.45) is 1.32. The lowest BCUT2D eigenvalue weighted by atomic mass is 9.88. The monoisotopic (exact) mass is 676 g/mol. The highest BCUT2D eigenvalue weighted by atomic mass is 127. The Hall–Kier alpha value is 0.0600. The predicted octanol–water partition coefficient (Wildman–Crippen LogP) is 5.77. The molecule has 1 atom stereocenters. The fraction of sp³-hybridized carbons (Fsp3) is 0.316. The zero-order valence-corrected chi connectivity index (χ0v) is 20.5. The SMILES string of the molecule is CCC(CC(=O)c1cc(I)c(I)cc1I)c1ccc(OC)c(CO)c1. The van der Waals surface area contributed by atoms with Gasteiger partial charge in [-0.05, 0) is 110 Å². The van der Waals surface area contributed by atoms with Gasteiger partial charge in [-0.3, -0.25) is 4.79 Å². The van der Waals surface area contributed by atoms with Crippen LogP contribution in [0.2, 0.25) is 0 Å². The van der Waals surface area contributed by atoms with Gasteiger partial charge in [0.05, 0.1) is 13.7 Å². The third-order valence-electron chi connectivity index (χ3n) is 4.18. The topological polar surface area (TPSA) is 46.5 Å². The first-order valence-electron chi connectivity index (χ1n) is 7.86. The second kappa shape index (κ2) is 9.84. The molecule has 0 aromatic heterocycles. The van der Waals surface area contributed by atoms with Crippen molar-refractivity contribution in [3.63, 3.8) is 0 Å². The molecule has 2 aromatic carbocycles. The van der Waals surface area contributed by atoms with E-state index in [0.717, 1.165) is 33.8 Å². The number of carbonyl (C=O) groups is 1. The average molecular weight is 676 g/mol. The fourth-order valence-electron chi connectivity index (χ4n) is 2.74. The molecule has 0 aliphatic carbocycles. The first-order valence-corrected chi connectivity index (χ1v) is 11.1. The normalized spacial score (nSPS) is 12.1. The fourth-order valence-corrected chi connectivity index (χ4v) is 5.04. The smallest absolute Gasteiger partial charge is 0.164 e. The molecule has 1 N–H and O–H groups in total. The second-order valence-electron chi connectivity index (χ2n) is 5.71. The molecule has 0 bridgehead atoms. The van der Waals surface area contributed by atoms with Gasteiger partial charge in [-0.25, -0.2) is 0 Å². The number of aliphatic hydroxyl groups excluding tert-OH is 1. The van der Waals surface area contributed by atoms with E-state index in [2.05, 4.69) is 74.7 Å². The molecule has 0 aliphatic heterocycles. The van der Waals surface area contributed by atoms with Gasteiger partial charge in [0.2, 0.25) is 0 Å². The summed E-state index contributed by atoms with van der Waals surface area (Å²) in [4.78, 5) is 12.9. The third-order valence-corrected chi connectivity index (χ3v) is 7.89. The Morgan fingerprint density at radius 1 is 1.12 bits per heavy atom. The van der Waals surface area contributed by atoms with Crippen molar-refractivity contribution < 1.29 is 14.6 Å². The Kier molecular flexibility index (Phi) is 8.41. The van der Waals surface area contributed by atoms with E-state index in [1.54, 1.807) is 7.11 Å². The molecule has 3 nitrogen and oxygen atoms in total. The first kappa shape index (κ1) is 21.4. The molecule has 2 aromatic rings. The lowest BCUT2D eigenvalue weighted by Crippen LogP contribution is -2.10. The minimum absolute atomic E-state index is 0.0748. The van der Waals surface area contributed by atoms with E-state index in [1.807, 2.05) is 30.3 Å². The van der Waals surface area contributed by atoms with Crippen molar-refractivity contribution in [3.8, 4) is 5.75 Å². The molecular formula is C19H19I3O3. The molecule has 25 heavy (non-hydrogen) atoms. The molecule has 0 amide bonds. The number of hydrogen-bond donors (Lipinski definition) is 1. The standard InChI is InChI=1S/C19H19I3O3/c1-3-11(12-4-5-19(25-2)13(6-12)10-23)7-18(24)14-8-16(21)17(22)9-15(14)20/h4-6,8-9,11,23H,3,7,10H2,1-2H3. The number of hydrogen-bond acceptors (Lipinski definition) is 3. The summed E-state index contributed by atoms with van der Waals surface area (Å²) < 4.78 is 8.52. The number of aliphatic hydroxyl groups is 1. The minimum Gasteiger partial charge on any atom is -0.496 e. The van der Waals surface area contributed by atoms with Crippen molar-refractivity contribution in [2.45, 2.75) is 32.3 Å². The lowest BCUT2D eigenvalue weighted by Gasteiger charge is -2.17. The predicted molar refractivity (Wildman–Crippen MR) is 125 cm³/mol. The highest BCUT2D eigenvalue weighted by Gasteiger charge is 2.19. The maximum absolute atomic E-state index is 12.9. The van der Waals surface area contributed by atoms with Crippen molar-refractivity contribution in [1.82, 2.24) is 0 Å². The molecule has 1 unspecified atom stereocenters. The van der Waals surface area contributed by atoms with E-state index in [1.165, 1.54) is 0 Å². The van der Waals surface area contributed by atoms with Gasteiger partial charge in [-0.15, -0.1) is 0 Å². The summed E-state index contributed by atoms with van der Waals surface area (Å²) in [6.45, 7) is 2.01. The Morgan fingerprint density at radius 3 is 2.40 bits per heavy atom. The van der Waals surface area contributed by atoms with E-state index >= 15 is 0 Å². The number of halogens is 3. The molecular weight excluding hydrogens is 657 g/mol. The van der Waals surface area contributed by atoms with Crippen molar-refractivity contribution >= 4 is 73.6 Å². The molecule has 2 rings (SSSR count). The summed E-state index contributed by atoms with van der Waals surface area (Å²) >= 11 is 6.79. The van der Waals surface area contributed by atoms with Crippen LogP contribution in [0.25, 0.3) is 0 Å². The average Bonchev–Trinajstić information content (AvgIpc) is 2.61. The summed E-state index contributed by atoms with van der Waals surface area (Å²) in [6, 6.07) is 9.83. The van der Waals surface area contributed by atoms with Crippen LogP contribution in [0, 0.1) is 10.7 Å². The quantitative estimate of drug-likeness (QED) is 0.231. The van der Waals surface area contributed by atoms with Crippen LogP contribution in [-0.4, -0.2) is 18.0 Å². The molecule has 0 aliphatic rings. The molecule has 0 saturated carbocycles. The van der Waals surface area contributed by atoms with Crippen LogP contribution in [0.15, 0.2) is 30.3 Å². The molecule has 0 heterocycles. The van der Waals surface area contributed by atoms with Gasteiger partial charge >= 0.3 is 0 Å². The van der Waals surface area contributed by atoms with Crippen molar-refractivity contribution in [1.29, 1.82) is 0 Å². The highest BCUT2D eigenvalue weighted by molar-refractivity contribution is 14.1. The number of benzene rings is 2. The maximum atomic E-state index is 12.9. The van der Waals surface area contributed by atoms with Gasteiger partial charge in [0.25, 0.3) is 0 Å². The zero-order chi connectivity index (χ0) is 18.6. The number of Topliss-reactive ketones (excluding diaryl/α,β-unsaturated/α-hetero) is 1. The summed E-state index contributed by atoms with van der Waals surface area (Å²) in [7, 11) is 1.59. The van der Waals surface area contributed by atoms with Gasteiger partial charge in [-0.2, -0.15) is 0 Å². The molecule has 0 saturated heterocycles. The number of rotatable bonds is 7. The van der Waals surface area contributed by atoms with Crippen LogP contribution in [-0.2, 0) is 6.61 Å². The van der Waals surface area contributed by atoms with E-state index in [4.69, 9.17) is 4.74 Å². The van der Waals surface area contributed by atoms with Crippen LogP contribution >= 0.6 is 67.8 Å². The first-order chi connectivity index (χ1) is 11.9. The molecule has 0 fully saturated rings. The van der Waals surface area contributed by atoms with Crippen LogP contribution in [0.3, 0.4) is 0 Å². The molecule has 134 valence electrons. The summed E-state index contributed by atoms with van der Waals surface area (Å²) in [5, 5.41) is 9.53. The van der Waals surface area contributed by atoms with E-state index in [9.17, 15) is 9.90 Å². The molecule has 6 heteroatoms. The van der Waals surface area contributed by atoms with Crippen molar-refractivity contribution in [2.24, 2.45) is 0 Å². The third kappa shape index (κ3) is 5.29. The Morgan fingerprint density at radius 2 is 1.80 bits per heavy atom. The van der Waals surface area contributed by atoms with Gasteiger partial charge in [0.15, 0.2) is 5.78 Å². The zero-order valence-electron chi connectivity index (χ0n) is 14.0.